The fraction of sp³-hybridized carbons (Fsp3) is 0.900. The molecule has 0 radical (unpaired) electrons. The average molecular weight is 199 g/mol. The first kappa shape index (κ1) is 11.5. The van der Waals surface area contributed by atoms with Crippen LogP contribution in [0.1, 0.15) is 20.8 Å². The normalized spacial score (nSPS) is 21.8. The van der Waals surface area contributed by atoms with Crippen LogP contribution >= 0.6 is 0 Å². The van der Waals surface area contributed by atoms with Crippen molar-refractivity contribution in [3.8, 4) is 0 Å². The van der Waals surface area contributed by atoms with Crippen LogP contribution in [0.5, 0.6) is 0 Å². The van der Waals surface area contributed by atoms with Gasteiger partial charge in [0, 0.05) is 31.7 Å². The van der Waals surface area contributed by atoms with Crippen molar-refractivity contribution in [2.24, 2.45) is 5.73 Å². The Morgan fingerprint density at radius 1 is 1.36 bits per heavy atom. The lowest BCUT2D eigenvalue weighted by atomic mass is 10.2. The molecule has 4 heteroatoms. The van der Waals surface area contributed by atoms with E-state index in [1.54, 1.807) is 0 Å². The smallest absolute Gasteiger partial charge is 0.237 e. The molecule has 1 amide bonds. The second-order valence-corrected chi connectivity index (χ2v) is 4.24. The van der Waals surface area contributed by atoms with Gasteiger partial charge in [0.05, 0.1) is 6.54 Å². The zero-order chi connectivity index (χ0) is 10.7. The van der Waals surface area contributed by atoms with E-state index in [0.29, 0.717) is 25.2 Å². The molecular weight excluding hydrogens is 178 g/mol. The van der Waals surface area contributed by atoms with Crippen molar-refractivity contribution in [2.45, 2.75) is 32.9 Å². The Balaban J connectivity index is 2.51. The molecule has 0 bridgehead atoms. The maximum atomic E-state index is 11.7. The van der Waals surface area contributed by atoms with Crippen LogP contribution in [0, 0.1) is 0 Å². The fourth-order valence-corrected chi connectivity index (χ4v) is 1.78. The van der Waals surface area contributed by atoms with Gasteiger partial charge in [0.15, 0.2) is 0 Å². The maximum absolute atomic E-state index is 11.7. The molecule has 1 aliphatic rings. The van der Waals surface area contributed by atoms with Gasteiger partial charge in [-0.2, -0.15) is 0 Å². The standard InChI is InChI=1S/C10H21N3O/c1-8(2)13-5-4-12(7-10(13)14)9(3)6-11/h8-9H,4-7,11H2,1-3H3. The molecule has 4 nitrogen and oxygen atoms in total. The summed E-state index contributed by atoms with van der Waals surface area (Å²) in [7, 11) is 0. The van der Waals surface area contributed by atoms with Crippen molar-refractivity contribution in [1.82, 2.24) is 9.80 Å². The lowest BCUT2D eigenvalue weighted by Gasteiger charge is -2.39. The summed E-state index contributed by atoms with van der Waals surface area (Å²) < 4.78 is 0. The van der Waals surface area contributed by atoms with Gasteiger partial charge in [-0.05, 0) is 20.8 Å². The van der Waals surface area contributed by atoms with Crippen LogP contribution in [0.4, 0.5) is 0 Å². The van der Waals surface area contributed by atoms with Crippen LogP contribution in [0.15, 0.2) is 0 Å². The molecule has 0 spiro atoms. The Labute approximate surface area is 86.0 Å². The van der Waals surface area contributed by atoms with Gasteiger partial charge in [-0.3, -0.25) is 9.69 Å². The van der Waals surface area contributed by atoms with Gasteiger partial charge < -0.3 is 10.6 Å². The molecule has 1 rings (SSSR count). The lowest BCUT2D eigenvalue weighted by Crippen LogP contribution is -2.56. The van der Waals surface area contributed by atoms with Crippen LogP contribution in [-0.2, 0) is 4.79 Å². The third kappa shape index (κ3) is 2.45. The average Bonchev–Trinajstić information content (AvgIpc) is 2.15. The molecule has 2 N–H and O–H groups in total. The van der Waals surface area contributed by atoms with E-state index in [-0.39, 0.29) is 5.91 Å². The zero-order valence-corrected chi connectivity index (χ0v) is 9.36. The van der Waals surface area contributed by atoms with Crippen LogP contribution in [0.2, 0.25) is 0 Å². The number of nitrogens with zero attached hydrogens (tertiary/aromatic N) is 2. The summed E-state index contributed by atoms with van der Waals surface area (Å²) in [5, 5.41) is 0. The molecule has 1 saturated heterocycles. The van der Waals surface area contributed by atoms with Crippen LogP contribution in [0.3, 0.4) is 0 Å². The quantitative estimate of drug-likeness (QED) is 0.690. The fourth-order valence-electron chi connectivity index (χ4n) is 1.78. The number of rotatable bonds is 3. The molecular formula is C10H21N3O. The second kappa shape index (κ2) is 4.75. The molecule has 0 saturated carbocycles. The molecule has 0 aromatic carbocycles. The number of amides is 1. The highest BCUT2D eigenvalue weighted by atomic mass is 16.2. The Bertz CT molecular complexity index is 206. The zero-order valence-electron chi connectivity index (χ0n) is 9.36. The summed E-state index contributed by atoms with van der Waals surface area (Å²) in [4.78, 5) is 15.8. The van der Waals surface area contributed by atoms with Gasteiger partial charge in [0.2, 0.25) is 5.91 Å². The number of carbonyl (C=O) groups is 1. The molecule has 0 aromatic rings. The largest absolute Gasteiger partial charge is 0.338 e. The van der Waals surface area contributed by atoms with Crippen molar-refractivity contribution >= 4 is 5.91 Å². The van der Waals surface area contributed by atoms with Gasteiger partial charge in [-0.25, -0.2) is 0 Å². The molecule has 1 fully saturated rings. The SMILES string of the molecule is CC(CN)N1CCN(C(C)C)C(=O)C1. The minimum atomic E-state index is 0.228. The number of nitrogens with two attached hydrogens (primary N) is 1. The number of carbonyl (C=O) groups excluding carboxylic acids is 1. The number of hydrogen-bond donors (Lipinski definition) is 1. The molecule has 82 valence electrons. The van der Waals surface area contributed by atoms with Crippen molar-refractivity contribution < 1.29 is 4.79 Å². The number of piperazine rings is 1. The number of hydrogen-bond acceptors (Lipinski definition) is 3. The first-order valence-corrected chi connectivity index (χ1v) is 5.29. The summed E-state index contributed by atoms with van der Waals surface area (Å²) in [5.41, 5.74) is 5.58. The highest BCUT2D eigenvalue weighted by Crippen LogP contribution is 2.09. The van der Waals surface area contributed by atoms with E-state index in [0.717, 1.165) is 13.1 Å². The third-order valence-electron chi connectivity index (χ3n) is 2.87. The van der Waals surface area contributed by atoms with E-state index >= 15 is 0 Å². The van der Waals surface area contributed by atoms with Gasteiger partial charge in [-0.15, -0.1) is 0 Å². The van der Waals surface area contributed by atoms with E-state index in [1.807, 2.05) is 4.90 Å². The predicted molar refractivity (Wildman–Crippen MR) is 56.9 cm³/mol. The topological polar surface area (TPSA) is 49.6 Å². The van der Waals surface area contributed by atoms with E-state index in [4.69, 9.17) is 5.73 Å². The van der Waals surface area contributed by atoms with Crippen molar-refractivity contribution in [1.29, 1.82) is 0 Å². The molecule has 0 aromatic heterocycles. The third-order valence-corrected chi connectivity index (χ3v) is 2.87. The van der Waals surface area contributed by atoms with Crippen molar-refractivity contribution in [3.05, 3.63) is 0 Å². The molecule has 1 unspecified atom stereocenters. The lowest BCUT2D eigenvalue weighted by molar-refractivity contribution is -0.138. The van der Waals surface area contributed by atoms with Crippen molar-refractivity contribution in [3.63, 3.8) is 0 Å². The van der Waals surface area contributed by atoms with E-state index in [2.05, 4.69) is 25.7 Å². The van der Waals surface area contributed by atoms with E-state index < -0.39 is 0 Å². The summed E-state index contributed by atoms with van der Waals surface area (Å²) in [6, 6.07) is 0.631. The molecule has 14 heavy (non-hydrogen) atoms. The monoisotopic (exact) mass is 199 g/mol. The minimum absolute atomic E-state index is 0.228. The first-order chi connectivity index (χ1) is 6.56. The highest BCUT2D eigenvalue weighted by molar-refractivity contribution is 5.79. The Kier molecular flexibility index (Phi) is 3.89. The minimum Gasteiger partial charge on any atom is -0.338 e. The first-order valence-electron chi connectivity index (χ1n) is 5.29. The Hall–Kier alpha value is -0.610. The second-order valence-electron chi connectivity index (χ2n) is 4.24. The van der Waals surface area contributed by atoms with Crippen LogP contribution in [-0.4, -0.2) is 54.0 Å². The van der Waals surface area contributed by atoms with E-state index in [1.165, 1.54) is 0 Å². The van der Waals surface area contributed by atoms with Crippen LogP contribution < -0.4 is 5.73 Å². The Morgan fingerprint density at radius 3 is 2.43 bits per heavy atom. The summed E-state index contributed by atoms with van der Waals surface area (Å²) in [5.74, 6) is 0.228. The molecule has 1 aliphatic heterocycles. The van der Waals surface area contributed by atoms with Crippen LogP contribution in [0.25, 0.3) is 0 Å². The van der Waals surface area contributed by atoms with Crippen molar-refractivity contribution in [2.75, 3.05) is 26.2 Å². The van der Waals surface area contributed by atoms with Gasteiger partial charge in [0.1, 0.15) is 0 Å². The predicted octanol–water partition coefficient (Wildman–Crippen LogP) is -0.114. The molecule has 1 atom stereocenters. The van der Waals surface area contributed by atoms with Gasteiger partial charge >= 0.3 is 0 Å². The summed E-state index contributed by atoms with van der Waals surface area (Å²) >= 11 is 0. The van der Waals surface area contributed by atoms with E-state index in [9.17, 15) is 4.79 Å². The van der Waals surface area contributed by atoms with Gasteiger partial charge in [-0.1, -0.05) is 0 Å². The molecule has 1 heterocycles. The molecule has 0 aliphatic carbocycles. The maximum Gasteiger partial charge on any atom is 0.237 e. The summed E-state index contributed by atoms with van der Waals surface area (Å²) in [6.07, 6.45) is 0. The Morgan fingerprint density at radius 2 is 2.00 bits per heavy atom. The summed E-state index contributed by atoms with van der Waals surface area (Å²) in [6.45, 7) is 9.10. The highest BCUT2D eigenvalue weighted by Gasteiger charge is 2.27. The van der Waals surface area contributed by atoms with Gasteiger partial charge in [0.25, 0.3) is 0 Å².